The molecule has 0 amide bonds. The fourth-order valence-corrected chi connectivity index (χ4v) is 1.92. The van der Waals surface area contributed by atoms with Gasteiger partial charge in [-0.1, -0.05) is 50.1 Å². The zero-order chi connectivity index (χ0) is 13.2. The van der Waals surface area contributed by atoms with Crippen LogP contribution in [0.15, 0.2) is 30.3 Å². The van der Waals surface area contributed by atoms with Gasteiger partial charge in [-0.2, -0.15) is 0 Å². The molecule has 0 aliphatic carbocycles. The molecular formula is C15H23NO2. The van der Waals surface area contributed by atoms with Gasteiger partial charge in [0.05, 0.1) is 0 Å². The second-order valence-electron chi connectivity index (χ2n) is 4.58. The van der Waals surface area contributed by atoms with E-state index in [0.29, 0.717) is 6.42 Å². The van der Waals surface area contributed by atoms with E-state index in [0.717, 1.165) is 32.2 Å². The van der Waals surface area contributed by atoms with Gasteiger partial charge in [0.1, 0.15) is 6.04 Å². The Hall–Kier alpha value is -1.35. The third-order valence-electron chi connectivity index (χ3n) is 3.03. The summed E-state index contributed by atoms with van der Waals surface area (Å²) in [5.41, 5.74) is 1.19. The Morgan fingerprint density at radius 1 is 1.28 bits per heavy atom. The third-order valence-corrected chi connectivity index (χ3v) is 3.03. The van der Waals surface area contributed by atoms with Crippen molar-refractivity contribution in [2.24, 2.45) is 0 Å². The van der Waals surface area contributed by atoms with Gasteiger partial charge in [-0.3, -0.25) is 4.79 Å². The standard InChI is InChI=1S/C15H23NO2/c1-2-3-7-12-16-14(15(17)18)11-10-13-8-5-4-6-9-13/h4-6,8-9,14,16H,2-3,7,10-12H2,1H3,(H,17,18)/t14-/m0/s1. The minimum Gasteiger partial charge on any atom is -0.480 e. The Bertz CT molecular complexity index is 338. The zero-order valence-electron chi connectivity index (χ0n) is 11.1. The molecular weight excluding hydrogens is 226 g/mol. The topological polar surface area (TPSA) is 49.3 Å². The highest BCUT2D eigenvalue weighted by atomic mass is 16.4. The number of aryl methyl sites for hydroxylation is 1. The fourth-order valence-electron chi connectivity index (χ4n) is 1.92. The van der Waals surface area contributed by atoms with Crippen LogP contribution in [-0.4, -0.2) is 23.7 Å². The van der Waals surface area contributed by atoms with E-state index in [2.05, 4.69) is 12.2 Å². The van der Waals surface area contributed by atoms with Crippen molar-refractivity contribution in [3.8, 4) is 0 Å². The molecule has 0 saturated heterocycles. The van der Waals surface area contributed by atoms with Crippen LogP contribution >= 0.6 is 0 Å². The predicted octanol–water partition coefficient (Wildman–Crippen LogP) is 2.85. The lowest BCUT2D eigenvalue weighted by Crippen LogP contribution is -2.37. The molecule has 0 fully saturated rings. The summed E-state index contributed by atoms with van der Waals surface area (Å²) in [5.74, 6) is -0.748. The lowest BCUT2D eigenvalue weighted by atomic mass is 10.1. The molecule has 0 radical (unpaired) electrons. The van der Waals surface area contributed by atoms with E-state index in [1.165, 1.54) is 5.56 Å². The van der Waals surface area contributed by atoms with Crippen LogP contribution in [0.25, 0.3) is 0 Å². The first-order valence-electron chi connectivity index (χ1n) is 6.74. The normalized spacial score (nSPS) is 12.3. The number of carboxylic acids is 1. The monoisotopic (exact) mass is 249 g/mol. The molecule has 0 aliphatic heterocycles. The quantitative estimate of drug-likeness (QED) is 0.662. The molecule has 0 spiro atoms. The van der Waals surface area contributed by atoms with Crippen molar-refractivity contribution in [1.82, 2.24) is 5.32 Å². The molecule has 0 bridgehead atoms. The summed E-state index contributed by atoms with van der Waals surface area (Å²) in [7, 11) is 0. The molecule has 0 aromatic heterocycles. The number of carbonyl (C=O) groups is 1. The van der Waals surface area contributed by atoms with E-state index in [4.69, 9.17) is 5.11 Å². The van der Waals surface area contributed by atoms with Crippen molar-refractivity contribution >= 4 is 5.97 Å². The van der Waals surface area contributed by atoms with Gasteiger partial charge in [-0.05, 0) is 31.4 Å². The van der Waals surface area contributed by atoms with E-state index < -0.39 is 12.0 Å². The number of unbranched alkanes of at least 4 members (excludes halogenated alkanes) is 2. The van der Waals surface area contributed by atoms with Crippen molar-refractivity contribution in [3.63, 3.8) is 0 Å². The van der Waals surface area contributed by atoms with Gasteiger partial charge in [0.2, 0.25) is 0 Å². The summed E-state index contributed by atoms with van der Waals surface area (Å²) in [4.78, 5) is 11.1. The summed E-state index contributed by atoms with van der Waals surface area (Å²) in [6.45, 7) is 2.93. The van der Waals surface area contributed by atoms with Crippen molar-refractivity contribution in [2.45, 2.75) is 45.1 Å². The van der Waals surface area contributed by atoms with Crippen LogP contribution in [-0.2, 0) is 11.2 Å². The molecule has 0 unspecified atom stereocenters. The first kappa shape index (κ1) is 14.7. The molecule has 1 rings (SSSR count). The Kier molecular flexibility index (Phi) is 7.11. The van der Waals surface area contributed by atoms with Crippen molar-refractivity contribution in [3.05, 3.63) is 35.9 Å². The number of hydrogen-bond acceptors (Lipinski definition) is 2. The SMILES string of the molecule is CCCCCN[C@@H](CCc1ccccc1)C(=O)O. The van der Waals surface area contributed by atoms with Gasteiger partial charge in [-0.15, -0.1) is 0 Å². The number of rotatable bonds is 9. The second-order valence-corrected chi connectivity index (χ2v) is 4.58. The van der Waals surface area contributed by atoms with Crippen LogP contribution in [0.3, 0.4) is 0 Å². The van der Waals surface area contributed by atoms with Gasteiger partial charge >= 0.3 is 5.97 Å². The van der Waals surface area contributed by atoms with E-state index in [1.807, 2.05) is 30.3 Å². The molecule has 1 atom stereocenters. The maximum absolute atomic E-state index is 11.1. The van der Waals surface area contributed by atoms with Crippen molar-refractivity contribution in [2.75, 3.05) is 6.54 Å². The van der Waals surface area contributed by atoms with Gasteiger partial charge in [-0.25, -0.2) is 0 Å². The number of nitrogens with one attached hydrogen (secondary N) is 1. The smallest absolute Gasteiger partial charge is 0.320 e. The molecule has 2 N–H and O–H groups in total. The van der Waals surface area contributed by atoms with Crippen LogP contribution in [0.1, 0.15) is 38.2 Å². The van der Waals surface area contributed by atoms with E-state index in [-0.39, 0.29) is 0 Å². The van der Waals surface area contributed by atoms with Gasteiger partial charge in [0.15, 0.2) is 0 Å². The summed E-state index contributed by atoms with van der Waals surface area (Å²) in [5, 5.41) is 12.3. The number of carboxylic acid groups (broad SMARTS) is 1. The molecule has 1 aromatic carbocycles. The predicted molar refractivity (Wildman–Crippen MR) is 73.7 cm³/mol. The minimum atomic E-state index is -0.748. The van der Waals surface area contributed by atoms with Crippen molar-refractivity contribution < 1.29 is 9.90 Å². The fraction of sp³-hybridized carbons (Fsp3) is 0.533. The van der Waals surface area contributed by atoms with Crippen molar-refractivity contribution in [1.29, 1.82) is 0 Å². The molecule has 3 nitrogen and oxygen atoms in total. The van der Waals surface area contributed by atoms with Gasteiger partial charge in [0, 0.05) is 0 Å². The highest BCUT2D eigenvalue weighted by Crippen LogP contribution is 2.05. The molecule has 3 heteroatoms. The van der Waals surface area contributed by atoms with E-state index in [9.17, 15) is 4.79 Å². The summed E-state index contributed by atoms with van der Waals surface area (Å²) < 4.78 is 0. The maximum atomic E-state index is 11.1. The highest BCUT2D eigenvalue weighted by molar-refractivity contribution is 5.73. The van der Waals surface area contributed by atoms with Gasteiger partial charge in [0.25, 0.3) is 0 Å². The van der Waals surface area contributed by atoms with Crippen LogP contribution in [0.4, 0.5) is 0 Å². The number of benzene rings is 1. The van der Waals surface area contributed by atoms with E-state index in [1.54, 1.807) is 0 Å². The lowest BCUT2D eigenvalue weighted by molar-refractivity contribution is -0.139. The second kappa shape index (κ2) is 8.70. The Labute approximate surface area is 109 Å². The Morgan fingerprint density at radius 3 is 2.61 bits per heavy atom. The van der Waals surface area contributed by atoms with Crippen LogP contribution in [0, 0.1) is 0 Å². The maximum Gasteiger partial charge on any atom is 0.320 e. The number of hydrogen-bond donors (Lipinski definition) is 2. The lowest BCUT2D eigenvalue weighted by Gasteiger charge is -2.14. The summed E-state index contributed by atoms with van der Waals surface area (Å²) >= 11 is 0. The molecule has 0 aliphatic rings. The first-order chi connectivity index (χ1) is 8.74. The number of aliphatic carboxylic acids is 1. The third kappa shape index (κ3) is 5.82. The zero-order valence-corrected chi connectivity index (χ0v) is 11.1. The average Bonchev–Trinajstić information content (AvgIpc) is 2.38. The van der Waals surface area contributed by atoms with Gasteiger partial charge < -0.3 is 10.4 Å². The van der Waals surface area contributed by atoms with E-state index >= 15 is 0 Å². The molecule has 100 valence electrons. The van der Waals surface area contributed by atoms with Crippen LogP contribution in [0.2, 0.25) is 0 Å². The largest absolute Gasteiger partial charge is 0.480 e. The average molecular weight is 249 g/mol. The molecule has 18 heavy (non-hydrogen) atoms. The first-order valence-corrected chi connectivity index (χ1v) is 6.74. The highest BCUT2D eigenvalue weighted by Gasteiger charge is 2.15. The molecule has 0 saturated carbocycles. The Morgan fingerprint density at radius 2 is 2.00 bits per heavy atom. The molecule has 0 heterocycles. The Balaban J connectivity index is 2.32. The molecule has 1 aromatic rings. The van der Waals surface area contributed by atoms with Crippen LogP contribution < -0.4 is 5.32 Å². The van der Waals surface area contributed by atoms with Crippen LogP contribution in [0.5, 0.6) is 0 Å². The summed E-state index contributed by atoms with van der Waals surface area (Å²) in [6.07, 6.45) is 4.80. The summed E-state index contributed by atoms with van der Waals surface area (Å²) in [6, 6.07) is 9.59. The minimum absolute atomic E-state index is 0.429.